The van der Waals surface area contributed by atoms with Crippen LogP contribution in [0.4, 0.5) is 0 Å². The molecule has 20 heavy (non-hydrogen) atoms. The van der Waals surface area contributed by atoms with Gasteiger partial charge >= 0.3 is 0 Å². The molecule has 0 N–H and O–H groups in total. The molecule has 0 bridgehead atoms. The SMILES string of the molecule is C/C=C1/OCC2(CCN(C)CC2)/C1=C/C=C\CC.CC. The Kier molecular flexibility index (Phi) is 7.08. The van der Waals surface area contributed by atoms with Gasteiger partial charge in [-0.25, -0.2) is 0 Å². The van der Waals surface area contributed by atoms with Crippen LogP contribution in [0.5, 0.6) is 0 Å². The highest BCUT2D eigenvalue weighted by atomic mass is 16.5. The summed E-state index contributed by atoms with van der Waals surface area (Å²) in [6.45, 7) is 11.5. The van der Waals surface area contributed by atoms with Crippen LogP contribution in [0.15, 0.2) is 35.6 Å². The summed E-state index contributed by atoms with van der Waals surface area (Å²) in [6, 6.07) is 0. The summed E-state index contributed by atoms with van der Waals surface area (Å²) < 4.78 is 5.91. The van der Waals surface area contributed by atoms with Crippen LogP contribution in [0.25, 0.3) is 0 Å². The molecule has 0 aromatic rings. The minimum absolute atomic E-state index is 0.270. The smallest absolute Gasteiger partial charge is 0.118 e. The summed E-state index contributed by atoms with van der Waals surface area (Å²) in [5.74, 6) is 1.10. The predicted molar refractivity (Wildman–Crippen MR) is 87.7 cm³/mol. The van der Waals surface area contributed by atoms with Crippen LogP contribution in [0.1, 0.15) is 47.0 Å². The molecular weight excluding hydrogens is 246 g/mol. The van der Waals surface area contributed by atoms with Gasteiger partial charge in [0.1, 0.15) is 5.76 Å². The van der Waals surface area contributed by atoms with Crippen LogP contribution in [-0.4, -0.2) is 31.6 Å². The van der Waals surface area contributed by atoms with E-state index in [9.17, 15) is 0 Å². The van der Waals surface area contributed by atoms with E-state index in [0.29, 0.717) is 0 Å². The molecule has 0 aromatic carbocycles. The maximum absolute atomic E-state index is 5.91. The highest BCUT2D eigenvalue weighted by Crippen LogP contribution is 2.47. The van der Waals surface area contributed by atoms with Crippen molar-refractivity contribution < 1.29 is 4.74 Å². The van der Waals surface area contributed by atoms with E-state index in [0.717, 1.165) is 18.8 Å². The van der Waals surface area contributed by atoms with Gasteiger partial charge in [0.05, 0.1) is 6.61 Å². The van der Waals surface area contributed by atoms with E-state index in [-0.39, 0.29) is 5.41 Å². The van der Waals surface area contributed by atoms with E-state index >= 15 is 0 Å². The summed E-state index contributed by atoms with van der Waals surface area (Å²) in [7, 11) is 2.21. The lowest BCUT2D eigenvalue weighted by atomic mass is 9.73. The molecule has 114 valence electrons. The molecular formula is C18H31NO. The van der Waals surface area contributed by atoms with Gasteiger partial charge in [-0.15, -0.1) is 0 Å². The van der Waals surface area contributed by atoms with E-state index in [1.54, 1.807) is 0 Å². The number of likely N-dealkylation sites (tertiary alicyclic amines) is 1. The molecule has 0 unspecified atom stereocenters. The molecule has 0 aliphatic carbocycles. The molecule has 2 heterocycles. The Morgan fingerprint density at radius 3 is 2.45 bits per heavy atom. The van der Waals surface area contributed by atoms with Crippen molar-refractivity contribution in [2.45, 2.75) is 47.0 Å². The molecule has 2 rings (SSSR count). The van der Waals surface area contributed by atoms with E-state index < -0.39 is 0 Å². The van der Waals surface area contributed by atoms with E-state index in [2.05, 4.69) is 50.1 Å². The Morgan fingerprint density at radius 1 is 1.25 bits per heavy atom. The van der Waals surface area contributed by atoms with Gasteiger partial charge in [0, 0.05) is 11.0 Å². The number of hydrogen-bond donors (Lipinski definition) is 0. The van der Waals surface area contributed by atoms with Crippen molar-refractivity contribution in [1.29, 1.82) is 0 Å². The third kappa shape index (κ3) is 3.76. The molecule has 0 radical (unpaired) electrons. The second-order valence-corrected chi connectivity index (χ2v) is 5.44. The number of piperidine rings is 1. The maximum atomic E-state index is 5.91. The third-order valence-corrected chi connectivity index (χ3v) is 4.18. The Hall–Kier alpha value is -1.02. The average molecular weight is 277 g/mol. The first-order valence-corrected chi connectivity index (χ1v) is 8.07. The quantitative estimate of drug-likeness (QED) is 0.734. The Balaban J connectivity index is 0.000000956. The molecule has 2 heteroatoms. The third-order valence-electron chi connectivity index (χ3n) is 4.18. The molecule has 0 aromatic heterocycles. The van der Waals surface area contributed by atoms with Gasteiger partial charge in [-0.05, 0) is 52.4 Å². The monoisotopic (exact) mass is 277 g/mol. The predicted octanol–water partition coefficient (Wildman–Crippen LogP) is 4.55. The molecule has 2 saturated heterocycles. The fourth-order valence-corrected chi connectivity index (χ4v) is 2.89. The molecule has 2 nitrogen and oxygen atoms in total. The van der Waals surface area contributed by atoms with Crippen LogP contribution in [0.2, 0.25) is 0 Å². The zero-order chi connectivity index (χ0) is 15.0. The number of ether oxygens (including phenoxy) is 1. The topological polar surface area (TPSA) is 12.5 Å². The van der Waals surface area contributed by atoms with Gasteiger partial charge in [0.25, 0.3) is 0 Å². The van der Waals surface area contributed by atoms with E-state index in [1.807, 2.05) is 13.8 Å². The summed E-state index contributed by atoms with van der Waals surface area (Å²) in [5.41, 5.74) is 1.69. The number of rotatable bonds is 2. The molecule has 0 amide bonds. The fourth-order valence-electron chi connectivity index (χ4n) is 2.89. The maximum Gasteiger partial charge on any atom is 0.118 e. The lowest BCUT2D eigenvalue weighted by Crippen LogP contribution is -2.39. The fraction of sp³-hybridized carbons (Fsp3) is 0.667. The van der Waals surface area contributed by atoms with Crippen molar-refractivity contribution >= 4 is 0 Å². The van der Waals surface area contributed by atoms with Crippen molar-refractivity contribution in [3.63, 3.8) is 0 Å². The molecule has 0 atom stereocenters. The first-order valence-electron chi connectivity index (χ1n) is 8.07. The van der Waals surface area contributed by atoms with Crippen LogP contribution >= 0.6 is 0 Å². The summed E-state index contributed by atoms with van der Waals surface area (Å²) >= 11 is 0. The highest BCUT2D eigenvalue weighted by Gasteiger charge is 2.44. The number of nitrogens with zero attached hydrogens (tertiary/aromatic N) is 1. The second-order valence-electron chi connectivity index (χ2n) is 5.44. The van der Waals surface area contributed by atoms with Crippen LogP contribution in [-0.2, 0) is 4.74 Å². The summed E-state index contributed by atoms with van der Waals surface area (Å²) in [6.07, 6.45) is 12.3. The van der Waals surface area contributed by atoms with E-state index in [4.69, 9.17) is 4.74 Å². The summed E-state index contributed by atoms with van der Waals surface area (Å²) in [5, 5.41) is 0. The van der Waals surface area contributed by atoms with Gasteiger partial charge in [-0.3, -0.25) is 0 Å². The molecule has 2 aliphatic heterocycles. The van der Waals surface area contributed by atoms with E-state index in [1.165, 1.54) is 31.5 Å². The largest absolute Gasteiger partial charge is 0.493 e. The Morgan fingerprint density at radius 2 is 1.90 bits per heavy atom. The standard InChI is InChI=1S/C16H25NO.C2H6/c1-4-6-7-8-14-15(5-2)18-13-16(14)9-11-17(3)12-10-16;1-2/h5-8H,4,9-13H2,1-3H3;1-2H3/b7-6-,14-8+,15-5+;. The van der Waals surface area contributed by atoms with Crippen LogP contribution in [0.3, 0.4) is 0 Å². The molecule has 0 saturated carbocycles. The van der Waals surface area contributed by atoms with Crippen molar-refractivity contribution in [2.75, 3.05) is 26.7 Å². The molecule has 2 fully saturated rings. The van der Waals surface area contributed by atoms with Crippen LogP contribution in [0, 0.1) is 5.41 Å². The highest BCUT2D eigenvalue weighted by molar-refractivity contribution is 5.39. The molecule has 1 spiro atoms. The lowest BCUT2D eigenvalue weighted by Gasteiger charge is -2.36. The Labute approximate surface area is 125 Å². The van der Waals surface area contributed by atoms with Crippen molar-refractivity contribution in [1.82, 2.24) is 4.90 Å². The second kappa shape index (κ2) is 8.31. The molecule has 2 aliphatic rings. The number of allylic oxidation sites excluding steroid dienone is 5. The van der Waals surface area contributed by atoms with Gasteiger partial charge < -0.3 is 9.64 Å². The van der Waals surface area contributed by atoms with Gasteiger partial charge in [-0.1, -0.05) is 39.0 Å². The Bertz CT molecular complexity index is 371. The van der Waals surface area contributed by atoms with Gasteiger partial charge in [-0.2, -0.15) is 0 Å². The zero-order valence-corrected chi connectivity index (χ0v) is 13.9. The van der Waals surface area contributed by atoms with Crippen molar-refractivity contribution in [3.05, 3.63) is 35.6 Å². The van der Waals surface area contributed by atoms with Crippen molar-refractivity contribution in [3.8, 4) is 0 Å². The van der Waals surface area contributed by atoms with Gasteiger partial charge in [0.2, 0.25) is 0 Å². The minimum atomic E-state index is 0.270. The first-order chi connectivity index (χ1) is 9.72. The van der Waals surface area contributed by atoms with Gasteiger partial charge in [0.15, 0.2) is 0 Å². The van der Waals surface area contributed by atoms with Crippen LogP contribution < -0.4 is 0 Å². The normalized spacial score (nSPS) is 26.1. The minimum Gasteiger partial charge on any atom is -0.493 e. The number of hydrogen-bond acceptors (Lipinski definition) is 2. The lowest BCUT2D eigenvalue weighted by molar-refractivity contribution is 0.112. The van der Waals surface area contributed by atoms with Crippen molar-refractivity contribution in [2.24, 2.45) is 5.41 Å². The average Bonchev–Trinajstić information content (AvgIpc) is 2.83. The zero-order valence-electron chi connectivity index (χ0n) is 13.9. The first kappa shape index (κ1) is 17.0. The summed E-state index contributed by atoms with van der Waals surface area (Å²) in [4.78, 5) is 2.42.